The second-order valence-electron chi connectivity index (χ2n) is 7.12. The molecule has 6 nitrogen and oxygen atoms in total. The Labute approximate surface area is 168 Å². The minimum atomic E-state index is 0.269. The molecule has 152 valence electrons. The zero-order valence-corrected chi connectivity index (χ0v) is 17.6. The molecule has 0 saturated carbocycles. The van der Waals surface area contributed by atoms with E-state index in [2.05, 4.69) is 59.0 Å². The van der Waals surface area contributed by atoms with Crippen molar-refractivity contribution in [1.29, 1.82) is 0 Å². The minimum absolute atomic E-state index is 0.269. The number of rotatable bonds is 5. The first-order chi connectivity index (χ1) is 13.7. The Hall–Kier alpha value is -2.18. The average Bonchev–Trinajstić information content (AvgIpc) is 3.40. The third-order valence-corrected chi connectivity index (χ3v) is 5.20. The second-order valence-corrected chi connectivity index (χ2v) is 7.12. The van der Waals surface area contributed by atoms with Crippen molar-refractivity contribution in [2.75, 3.05) is 19.7 Å². The molecule has 3 heterocycles. The van der Waals surface area contributed by atoms with Crippen molar-refractivity contribution < 1.29 is 4.74 Å². The van der Waals surface area contributed by atoms with Gasteiger partial charge in [0.15, 0.2) is 0 Å². The van der Waals surface area contributed by atoms with Crippen LogP contribution in [-0.4, -0.2) is 45.8 Å². The number of nitrogens with zero attached hydrogens (tertiary/aromatic N) is 4. The van der Waals surface area contributed by atoms with Crippen molar-refractivity contribution in [2.24, 2.45) is 0 Å². The van der Waals surface area contributed by atoms with Crippen LogP contribution in [0.15, 0.2) is 30.6 Å². The monoisotopic (exact) mass is 383 g/mol. The van der Waals surface area contributed by atoms with Crippen LogP contribution in [-0.2, 0) is 11.3 Å². The van der Waals surface area contributed by atoms with Crippen LogP contribution < -0.4 is 5.43 Å². The standard InChI is InChI=1S/C20H27N5O.C2H6/c1-3-24-12-17(11-21-24)16-7-8-19(15(2)10-16)20-14-25(23-22-20)13-18-6-4-5-9-26-18;1-2/h7-8,10,12,14,18,21H,3-6,9,11,13H2,1-2H3;1-2H3/t18-;/m1./s1. The Balaban J connectivity index is 0.00000109. The van der Waals surface area contributed by atoms with Crippen LogP contribution in [0.25, 0.3) is 16.8 Å². The maximum atomic E-state index is 5.81. The normalized spacial score (nSPS) is 19.2. The summed E-state index contributed by atoms with van der Waals surface area (Å²) in [6.07, 6.45) is 8.02. The molecule has 1 atom stereocenters. The fourth-order valence-electron chi connectivity index (χ4n) is 3.67. The van der Waals surface area contributed by atoms with E-state index in [1.807, 2.05) is 24.7 Å². The zero-order valence-electron chi connectivity index (χ0n) is 17.6. The molecular weight excluding hydrogens is 350 g/mol. The quantitative estimate of drug-likeness (QED) is 0.845. The third kappa shape index (κ3) is 4.80. The van der Waals surface area contributed by atoms with Crippen LogP contribution in [0.3, 0.4) is 0 Å². The molecule has 0 bridgehead atoms. The van der Waals surface area contributed by atoms with Crippen molar-refractivity contribution >= 4 is 5.57 Å². The SMILES string of the molecule is CC.CCN1C=C(c2ccc(-c3cn(C[C@H]4CCCCO4)nn3)c(C)c2)CN1. The largest absolute Gasteiger partial charge is 0.376 e. The number of hydrogen-bond acceptors (Lipinski definition) is 5. The number of ether oxygens (including phenoxy) is 1. The van der Waals surface area contributed by atoms with E-state index in [1.54, 1.807) is 0 Å². The number of aryl methyl sites for hydroxylation is 1. The molecule has 0 amide bonds. The highest BCUT2D eigenvalue weighted by Gasteiger charge is 2.17. The molecule has 2 aliphatic rings. The molecule has 4 rings (SSSR count). The summed E-state index contributed by atoms with van der Waals surface area (Å²) in [4.78, 5) is 0. The minimum Gasteiger partial charge on any atom is -0.376 e. The molecule has 0 unspecified atom stereocenters. The van der Waals surface area contributed by atoms with Gasteiger partial charge in [0.1, 0.15) is 5.69 Å². The van der Waals surface area contributed by atoms with E-state index in [0.29, 0.717) is 0 Å². The Morgan fingerprint density at radius 1 is 1.25 bits per heavy atom. The highest BCUT2D eigenvalue weighted by Crippen LogP contribution is 2.26. The molecule has 2 aromatic rings. The summed E-state index contributed by atoms with van der Waals surface area (Å²) in [7, 11) is 0. The topological polar surface area (TPSA) is 55.2 Å². The Morgan fingerprint density at radius 2 is 2.11 bits per heavy atom. The lowest BCUT2D eigenvalue weighted by molar-refractivity contribution is 0.00370. The highest BCUT2D eigenvalue weighted by atomic mass is 16.5. The van der Waals surface area contributed by atoms with Gasteiger partial charge in [0.25, 0.3) is 0 Å². The predicted octanol–water partition coefficient (Wildman–Crippen LogP) is 4.03. The Kier molecular flexibility index (Phi) is 7.23. The van der Waals surface area contributed by atoms with E-state index >= 15 is 0 Å². The molecule has 1 fully saturated rings. The van der Waals surface area contributed by atoms with Gasteiger partial charge in [-0.25, -0.2) is 10.1 Å². The first-order valence-corrected chi connectivity index (χ1v) is 10.6. The van der Waals surface area contributed by atoms with E-state index < -0.39 is 0 Å². The van der Waals surface area contributed by atoms with Crippen molar-refractivity contribution in [3.8, 4) is 11.3 Å². The van der Waals surface area contributed by atoms with Gasteiger partial charge in [0, 0.05) is 31.5 Å². The first-order valence-electron chi connectivity index (χ1n) is 10.6. The first kappa shape index (κ1) is 20.6. The summed E-state index contributed by atoms with van der Waals surface area (Å²) in [5.74, 6) is 0. The smallest absolute Gasteiger partial charge is 0.113 e. The molecular formula is C22H33N5O. The van der Waals surface area contributed by atoms with E-state index in [0.717, 1.165) is 43.9 Å². The summed E-state index contributed by atoms with van der Waals surface area (Å²) < 4.78 is 7.72. The number of nitrogens with one attached hydrogen (secondary N) is 1. The van der Waals surface area contributed by atoms with Gasteiger partial charge in [-0.3, -0.25) is 0 Å². The summed E-state index contributed by atoms with van der Waals surface area (Å²) in [6.45, 7) is 11.8. The van der Waals surface area contributed by atoms with Crippen LogP contribution in [0.2, 0.25) is 0 Å². The van der Waals surface area contributed by atoms with Crippen molar-refractivity contribution in [2.45, 2.75) is 59.6 Å². The maximum absolute atomic E-state index is 5.81. The van der Waals surface area contributed by atoms with Gasteiger partial charge in [-0.2, -0.15) is 0 Å². The lowest BCUT2D eigenvalue weighted by atomic mass is 9.99. The molecule has 0 aliphatic carbocycles. The van der Waals surface area contributed by atoms with Crippen LogP contribution in [0, 0.1) is 6.92 Å². The van der Waals surface area contributed by atoms with Crippen molar-refractivity contribution in [3.05, 3.63) is 41.7 Å². The van der Waals surface area contributed by atoms with Gasteiger partial charge in [0.05, 0.1) is 18.8 Å². The van der Waals surface area contributed by atoms with E-state index in [1.165, 1.54) is 29.5 Å². The van der Waals surface area contributed by atoms with Gasteiger partial charge in [-0.1, -0.05) is 37.3 Å². The number of hydrazine groups is 1. The molecule has 1 aromatic heterocycles. The highest BCUT2D eigenvalue weighted by molar-refractivity contribution is 5.72. The molecule has 1 saturated heterocycles. The van der Waals surface area contributed by atoms with Gasteiger partial charge in [-0.05, 0) is 49.8 Å². The van der Waals surface area contributed by atoms with E-state index in [4.69, 9.17) is 4.74 Å². The lowest BCUT2D eigenvalue weighted by Gasteiger charge is -2.21. The summed E-state index contributed by atoms with van der Waals surface area (Å²) >= 11 is 0. The average molecular weight is 384 g/mol. The molecule has 28 heavy (non-hydrogen) atoms. The van der Waals surface area contributed by atoms with Crippen molar-refractivity contribution in [3.63, 3.8) is 0 Å². The molecule has 6 heteroatoms. The summed E-state index contributed by atoms with van der Waals surface area (Å²) in [5, 5.41) is 10.8. The van der Waals surface area contributed by atoms with Gasteiger partial charge in [-0.15, -0.1) is 5.10 Å². The van der Waals surface area contributed by atoms with Crippen LogP contribution in [0.4, 0.5) is 0 Å². The fraction of sp³-hybridized carbons (Fsp3) is 0.545. The second kappa shape index (κ2) is 9.85. The summed E-state index contributed by atoms with van der Waals surface area (Å²) in [5.41, 5.74) is 9.24. The summed E-state index contributed by atoms with van der Waals surface area (Å²) in [6, 6.07) is 6.58. The third-order valence-electron chi connectivity index (χ3n) is 5.20. The molecule has 2 aliphatic heterocycles. The van der Waals surface area contributed by atoms with E-state index in [9.17, 15) is 0 Å². The number of hydrogen-bond donors (Lipinski definition) is 1. The van der Waals surface area contributed by atoms with Crippen LogP contribution >= 0.6 is 0 Å². The molecule has 0 radical (unpaired) electrons. The zero-order chi connectivity index (χ0) is 19.9. The molecule has 1 aromatic carbocycles. The Morgan fingerprint density at radius 3 is 2.79 bits per heavy atom. The molecule has 1 N–H and O–H groups in total. The number of benzene rings is 1. The molecule has 0 spiro atoms. The predicted molar refractivity (Wildman–Crippen MR) is 113 cm³/mol. The van der Waals surface area contributed by atoms with Crippen LogP contribution in [0.5, 0.6) is 0 Å². The Bertz CT molecular complexity index is 792. The fourth-order valence-corrected chi connectivity index (χ4v) is 3.67. The van der Waals surface area contributed by atoms with Gasteiger partial charge in [0.2, 0.25) is 0 Å². The lowest BCUT2D eigenvalue weighted by Crippen LogP contribution is -2.28. The van der Waals surface area contributed by atoms with Gasteiger partial charge < -0.3 is 9.75 Å². The van der Waals surface area contributed by atoms with Gasteiger partial charge >= 0.3 is 0 Å². The van der Waals surface area contributed by atoms with E-state index in [-0.39, 0.29) is 6.10 Å². The number of aromatic nitrogens is 3. The van der Waals surface area contributed by atoms with Crippen LogP contribution in [0.1, 0.15) is 51.2 Å². The van der Waals surface area contributed by atoms with Crippen molar-refractivity contribution in [1.82, 2.24) is 25.4 Å². The maximum Gasteiger partial charge on any atom is 0.113 e.